The molecule has 0 aromatic heterocycles. The molecule has 0 N–H and O–H groups in total. The van der Waals surface area contributed by atoms with E-state index >= 15 is 0 Å². The lowest BCUT2D eigenvalue weighted by Crippen LogP contribution is -2.53. The molecular weight excluding hydrogens is 184 g/mol. The fourth-order valence-electron chi connectivity index (χ4n) is 2.07. The van der Waals surface area contributed by atoms with Crippen molar-refractivity contribution in [2.45, 2.75) is 27.7 Å². The van der Waals surface area contributed by atoms with Crippen LogP contribution in [0, 0.1) is 17.3 Å². The van der Waals surface area contributed by atoms with Gasteiger partial charge in [0.2, 0.25) is 6.79 Å². The van der Waals surface area contributed by atoms with Gasteiger partial charge in [-0.25, -0.2) is 0 Å². The van der Waals surface area contributed by atoms with Gasteiger partial charge >= 0.3 is 11.9 Å². The monoisotopic (exact) mass is 200 g/mol. The Bertz CT molecular complexity index is 229. The van der Waals surface area contributed by atoms with Gasteiger partial charge in [0.05, 0.1) is 0 Å². The zero-order valence-electron chi connectivity index (χ0n) is 8.99. The van der Waals surface area contributed by atoms with Crippen LogP contribution in [0.25, 0.3) is 0 Å². The van der Waals surface area contributed by atoms with E-state index in [0.717, 1.165) is 0 Å². The van der Waals surface area contributed by atoms with Crippen molar-refractivity contribution in [1.82, 2.24) is 0 Å². The molecule has 0 amide bonds. The van der Waals surface area contributed by atoms with Gasteiger partial charge in [0, 0.05) is 0 Å². The molecule has 0 bridgehead atoms. The first-order valence-corrected chi connectivity index (χ1v) is 4.78. The molecule has 14 heavy (non-hydrogen) atoms. The summed E-state index contributed by atoms with van der Waals surface area (Å²) in [6.07, 6.45) is 0. The Morgan fingerprint density at radius 1 is 1.00 bits per heavy atom. The molecule has 1 fully saturated rings. The molecular formula is C10H16O4. The summed E-state index contributed by atoms with van der Waals surface area (Å²) in [6, 6.07) is 0. The second-order valence-corrected chi connectivity index (χ2v) is 4.16. The van der Waals surface area contributed by atoms with E-state index in [4.69, 9.17) is 9.47 Å². The first-order valence-electron chi connectivity index (χ1n) is 4.78. The Morgan fingerprint density at radius 3 is 1.57 bits per heavy atom. The average Bonchev–Trinajstić information content (AvgIpc) is 2.02. The topological polar surface area (TPSA) is 52.6 Å². The predicted molar refractivity (Wildman–Crippen MR) is 49.2 cm³/mol. The molecule has 1 aliphatic rings. The molecule has 0 radical (unpaired) electrons. The molecule has 0 aromatic rings. The molecule has 1 aliphatic heterocycles. The van der Waals surface area contributed by atoms with E-state index in [1.165, 1.54) is 0 Å². The van der Waals surface area contributed by atoms with Crippen molar-refractivity contribution >= 4 is 11.9 Å². The van der Waals surface area contributed by atoms with Gasteiger partial charge in [-0.3, -0.25) is 9.59 Å². The van der Waals surface area contributed by atoms with Gasteiger partial charge in [-0.15, -0.1) is 0 Å². The lowest BCUT2D eigenvalue weighted by Gasteiger charge is -2.38. The molecule has 1 saturated heterocycles. The van der Waals surface area contributed by atoms with Gasteiger partial charge in [0.25, 0.3) is 0 Å². The molecule has 0 saturated carbocycles. The summed E-state index contributed by atoms with van der Waals surface area (Å²) in [7, 11) is 0. The van der Waals surface area contributed by atoms with Crippen LogP contribution in [-0.2, 0) is 19.1 Å². The fraction of sp³-hybridized carbons (Fsp3) is 0.800. The van der Waals surface area contributed by atoms with Crippen molar-refractivity contribution in [2.24, 2.45) is 17.3 Å². The molecule has 4 nitrogen and oxygen atoms in total. The van der Waals surface area contributed by atoms with Crippen molar-refractivity contribution in [3.8, 4) is 0 Å². The maximum Gasteiger partial charge on any atom is 0.326 e. The largest absolute Gasteiger partial charge is 0.427 e. The number of esters is 2. The van der Waals surface area contributed by atoms with Crippen LogP contribution in [0.5, 0.6) is 0 Å². The van der Waals surface area contributed by atoms with Crippen LogP contribution in [0.3, 0.4) is 0 Å². The minimum atomic E-state index is -1.13. The van der Waals surface area contributed by atoms with E-state index in [0.29, 0.717) is 0 Å². The number of hydrogen-bond acceptors (Lipinski definition) is 4. The summed E-state index contributed by atoms with van der Waals surface area (Å²) in [5, 5.41) is 0. The zero-order chi connectivity index (χ0) is 10.9. The lowest BCUT2D eigenvalue weighted by molar-refractivity contribution is -0.210. The van der Waals surface area contributed by atoms with Gasteiger partial charge < -0.3 is 9.47 Å². The standard InChI is InChI=1S/C10H16O4/c1-6(2)10(7(3)4)8(11)13-5-14-9(10)12/h6-7H,5H2,1-4H3. The first kappa shape index (κ1) is 11.0. The van der Waals surface area contributed by atoms with Crippen LogP contribution < -0.4 is 0 Å². The Labute approximate surface area is 83.6 Å². The van der Waals surface area contributed by atoms with Crippen LogP contribution in [0.4, 0.5) is 0 Å². The van der Waals surface area contributed by atoms with E-state index in [1.807, 2.05) is 27.7 Å². The van der Waals surface area contributed by atoms with Crippen LogP contribution in [0.1, 0.15) is 27.7 Å². The Kier molecular flexibility index (Phi) is 2.83. The molecule has 1 heterocycles. The van der Waals surface area contributed by atoms with E-state index < -0.39 is 17.4 Å². The van der Waals surface area contributed by atoms with Crippen molar-refractivity contribution in [3.05, 3.63) is 0 Å². The molecule has 4 heteroatoms. The van der Waals surface area contributed by atoms with Gasteiger partial charge in [0.1, 0.15) is 0 Å². The van der Waals surface area contributed by atoms with Crippen molar-refractivity contribution in [2.75, 3.05) is 6.79 Å². The Morgan fingerprint density at radius 2 is 1.36 bits per heavy atom. The van der Waals surface area contributed by atoms with Crippen LogP contribution in [-0.4, -0.2) is 18.7 Å². The van der Waals surface area contributed by atoms with E-state index in [-0.39, 0.29) is 18.6 Å². The van der Waals surface area contributed by atoms with E-state index in [9.17, 15) is 9.59 Å². The highest BCUT2D eigenvalue weighted by Gasteiger charge is 2.56. The normalized spacial score (nSPS) is 21.0. The quantitative estimate of drug-likeness (QED) is 0.498. The van der Waals surface area contributed by atoms with Gasteiger partial charge in [0.15, 0.2) is 5.41 Å². The minimum Gasteiger partial charge on any atom is -0.427 e. The van der Waals surface area contributed by atoms with Gasteiger partial charge in [-0.2, -0.15) is 0 Å². The summed E-state index contributed by atoms with van der Waals surface area (Å²) < 4.78 is 9.61. The predicted octanol–water partition coefficient (Wildman–Crippen LogP) is 1.34. The SMILES string of the molecule is CC(C)C1(C(C)C)C(=O)OCOC1=O. The Hall–Kier alpha value is -1.06. The van der Waals surface area contributed by atoms with Crippen molar-refractivity contribution in [3.63, 3.8) is 0 Å². The third-order valence-electron chi connectivity index (χ3n) is 2.88. The van der Waals surface area contributed by atoms with Crippen LogP contribution >= 0.6 is 0 Å². The third kappa shape index (κ3) is 1.29. The highest BCUT2D eigenvalue weighted by molar-refractivity contribution is 6.01. The van der Waals surface area contributed by atoms with Gasteiger partial charge in [-0.05, 0) is 11.8 Å². The summed E-state index contributed by atoms with van der Waals surface area (Å²) in [6.45, 7) is 7.06. The number of carbonyl (C=O) groups excluding carboxylic acids is 2. The zero-order valence-corrected chi connectivity index (χ0v) is 8.99. The molecule has 0 atom stereocenters. The average molecular weight is 200 g/mol. The smallest absolute Gasteiger partial charge is 0.326 e. The van der Waals surface area contributed by atoms with E-state index in [2.05, 4.69) is 0 Å². The van der Waals surface area contributed by atoms with Gasteiger partial charge in [-0.1, -0.05) is 27.7 Å². The summed E-state index contributed by atoms with van der Waals surface area (Å²) in [5.41, 5.74) is -1.13. The summed E-state index contributed by atoms with van der Waals surface area (Å²) in [4.78, 5) is 23.4. The Balaban J connectivity index is 3.15. The second-order valence-electron chi connectivity index (χ2n) is 4.16. The highest BCUT2D eigenvalue weighted by Crippen LogP contribution is 2.40. The number of ether oxygens (including phenoxy) is 2. The number of cyclic esters (lactones) is 2. The maximum absolute atomic E-state index is 11.7. The molecule has 0 spiro atoms. The molecule has 0 unspecified atom stereocenters. The number of carbonyl (C=O) groups is 2. The molecule has 80 valence electrons. The summed E-state index contributed by atoms with van der Waals surface area (Å²) >= 11 is 0. The highest BCUT2D eigenvalue weighted by atomic mass is 16.7. The lowest BCUT2D eigenvalue weighted by atomic mass is 9.68. The van der Waals surface area contributed by atoms with Crippen molar-refractivity contribution < 1.29 is 19.1 Å². The molecule has 1 rings (SSSR count). The van der Waals surface area contributed by atoms with Crippen LogP contribution in [0.2, 0.25) is 0 Å². The maximum atomic E-state index is 11.7. The first-order chi connectivity index (χ1) is 6.44. The summed E-state index contributed by atoms with van der Waals surface area (Å²) in [5.74, 6) is -1.16. The second kappa shape index (κ2) is 3.59. The minimum absolute atomic E-state index is 0.122. The molecule has 0 aromatic carbocycles. The fourth-order valence-corrected chi connectivity index (χ4v) is 2.07. The number of hydrogen-bond donors (Lipinski definition) is 0. The number of rotatable bonds is 2. The van der Waals surface area contributed by atoms with E-state index in [1.54, 1.807) is 0 Å². The third-order valence-corrected chi connectivity index (χ3v) is 2.88. The molecule has 0 aliphatic carbocycles. The van der Waals surface area contributed by atoms with Crippen LogP contribution in [0.15, 0.2) is 0 Å². The van der Waals surface area contributed by atoms with Crippen molar-refractivity contribution in [1.29, 1.82) is 0 Å².